The van der Waals surface area contributed by atoms with Crippen molar-refractivity contribution in [1.29, 1.82) is 0 Å². The molecule has 106 valence electrons. The first kappa shape index (κ1) is 14.5. The summed E-state index contributed by atoms with van der Waals surface area (Å²) in [6.45, 7) is 5.76. The van der Waals surface area contributed by atoms with Crippen molar-refractivity contribution in [2.45, 2.75) is 32.8 Å². The van der Waals surface area contributed by atoms with Gasteiger partial charge in [0.15, 0.2) is 0 Å². The van der Waals surface area contributed by atoms with Crippen molar-refractivity contribution in [2.24, 2.45) is 0 Å². The summed E-state index contributed by atoms with van der Waals surface area (Å²) < 4.78 is 19.4. The van der Waals surface area contributed by atoms with E-state index in [0.29, 0.717) is 17.4 Å². The van der Waals surface area contributed by atoms with Gasteiger partial charge in [-0.25, -0.2) is 4.39 Å². The molecule has 0 spiro atoms. The van der Waals surface area contributed by atoms with E-state index in [-0.39, 0.29) is 5.56 Å². The van der Waals surface area contributed by atoms with Crippen molar-refractivity contribution >= 4 is 0 Å². The summed E-state index contributed by atoms with van der Waals surface area (Å²) in [6, 6.07) is 12.2. The summed E-state index contributed by atoms with van der Waals surface area (Å²) in [5, 5.41) is 9.66. The molecule has 0 unspecified atom stereocenters. The summed E-state index contributed by atoms with van der Waals surface area (Å²) in [5.74, 6) is 0.960. The van der Waals surface area contributed by atoms with Crippen LogP contribution in [0.25, 0.3) is 0 Å². The average molecular weight is 274 g/mol. The Balaban J connectivity index is 2.28. The molecule has 1 N–H and O–H groups in total. The number of hydrogen-bond donors (Lipinski definition) is 1. The van der Waals surface area contributed by atoms with E-state index in [1.54, 1.807) is 12.1 Å². The van der Waals surface area contributed by atoms with Gasteiger partial charge in [-0.2, -0.15) is 0 Å². The van der Waals surface area contributed by atoms with Crippen LogP contribution in [0.2, 0.25) is 0 Å². The third-order valence-corrected chi connectivity index (χ3v) is 3.21. The first-order valence-electron chi connectivity index (χ1n) is 6.73. The summed E-state index contributed by atoms with van der Waals surface area (Å²) in [7, 11) is 0. The number of rotatable bonds is 4. The standard InChI is InChI=1S/C17H19FO2/c1-11(2)13-7-9-14(10-8-13)20-16-6-4-5-15(18)17(16)12(3)19/h4-12,19H,1-3H3/t12-/m0/s1. The van der Waals surface area contributed by atoms with Crippen LogP contribution in [0, 0.1) is 5.82 Å². The van der Waals surface area contributed by atoms with Gasteiger partial charge in [0.25, 0.3) is 0 Å². The fourth-order valence-corrected chi connectivity index (χ4v) is 2.06. The summed E-state index contributed by atoms with van der Waals surface area (Å²) in [6.07, 6.45) is -0.916. The highest BCUT2D eigenvalue weighted by Crippen LogP contribution is 2.32. The molecule has 20 heavy (non-hydrogen) atoms. The molecule has 0 saturated heterocycles. The maximum absolute atomic E-state index is 13.7. The molecule has 0 heterocycles. The van der Waals surface area contributed by atoms with Crippen LogP contribution < -0.4 is 4.74 Å². The van der Waals surface area contributed by atoms with Gasteiger partial charge in [-0.1, -0.05) is 32.0 Å². The monoisotopic (exact) mass is 274 g/mol. The minimum absolute atomic E-state index is 0.181. The maximum Gasteiger partial charge on any atom is 0.136 e. The van der Waals surface area contributed by atoms with E-state index in [1.807, 2.05) is 24.3 Å². The third-order valence-electron chi connectivity index (χ3n) is 3.21. The van der Waals surface area contributed by atoms with Crippen LogP contribution in [0.15, 0.2) is 42.5 Å². The van der Waals surface area contributed by atoms with Crippen LogP contribution in [0.5, 0.6) is 11.5 Å². The molecule has 0 radical (unpaired) electrons. The van der Waals surface area contributed by atoms with Crippen LogP contribution in [-0.2, 0) is 0 Å². The summed E-state index contributed by atoms with van der Waals surface area (Å²) >= 11 is 0. The Hall–Kier alpha value is -1.87. The molecule has 0 aromatic heterocycles. The highest BCUT2D eigenvalue weighted by molar-refractivity contribution is 5.40. The number of benzene rings is 2. The molecular formula is C17H19FO2. The van der Waals surface area contributed by atoms with E-state index in [2.05, 4.69) is 13.8 Å². The van der Waals surface area contributed by atoms with Crippen molar-refractivity contribution < 1.29 is 14.2 Å². The lowest BCUT2D eigenvalue weighted by atomic mass is 10.0. The highest BCUT2D eigenvalue weighted by atomic mass is 19.1. The molecule has 0 saturated carbocycles. The second-order valence-electron chi connectivity index (χ2n) is 5.15. The molecule has 2 rings (SSSR count). The molecule has 2 aromatic carbocycles. The van der Waals surface area contributed by atoms with Gasteiger partial charge in [-0.15, -0.1) is 0 Å². The topological polar surface area (TPSA) is 29.5 Å². The quantitative estimate of drug-likeness (QED) is 0.868. The number of aliphatic hydroxyl groups excluding tert-OH is 1. The largest absolute Gasteiger partial charge is 0.457 e. The van der Waals surface area contributed by atoms with Crippen molar-refractivity contribution in [2.75, 3.05) is 0 Å². The smallest absolute Gasteiger partial charge is 0.136 e. The first-order chi connectivity index (χ1) is 9.49. The number of halogens is 1. The minimum atomic E-state index is -0.916. The van der Waals surface area contributed by atoms with Crippen LogP contribution >= 0.6 is 0 Å². The summed E-state index contributed by atoms with van der Waals surface area (Å²) in [5.41, 5.74) is 1.40. The second-order valence-corrected chi connectivity index (χ2v) is 5.15. The van der Waals surface area contributed by atoms with E-state index in [0.717, 1.165) is 0 Å². The van der Waals surface area contributed by atoms with E-state index in [4.69, 9.17) is 4.74 Å². The summed E-state index contributed by atoms with van der Waals surface area (Å²) in [4.78, 5) is 0. The molecular weight excluding hydrogens is 255 g/mol. The van der Waals surface area contributed by atoms with Gasteiger partial charge in [0.1, 0.15) is 17.3 Å². The predicted molar refractivity (Wildman–Crippen MR) is 77.6 cm³/mol. The molecule has 0 fully saturated rings. The lowest BCUT2D eigenvalue weighted by Gasteiger charge is -2.14. The zero-order valence-corrected chi connectivity index (χ0v) is 11.9. The Morgan fingerprint density at radius 3 is 2.20 bits per heavy atom. The number of hydrogen-bond acceptors (Lipinski definition) is 2. The maximum atomic E-state index is 13.7. The van der Waals surface area contributed by atoms with Gasteiger partial charge in [0, 0.05) is 0 Å². The highest BCUT2D eigenvalue weighted by Gasteiger charge is 2.15. The zero-order valence-electron chi connectivity index (χ0n) is 11.9. The lowest BCUT2D eigenvalue weighted by molar-refractivity contribution is 0.190. The Morgan fingerprint density at radius 2 is 1.65 bits per heavy atom. The molecule has 1 atom stereocenters. The molecule has 0 aliphatic heterocycles. The van der Waals surface area contributed by atoms with Gasteiger partial charge in [0.2, 0.25) is 0 Å². The molecule has 3 heteroatoms. The fraction of sp³-hybridized carbons (Fsp3) is 0.294. The minimum Gasteiger partial charge on any atom is -0.457 e. The van der Waals surface area contributed by atoms with Gasteiger partial charge < -0.3 is 9.84 Å². The normalized spacial score (nSPS) is 12.5. The molecule has 0 aliphatic rings. The molecule has 2 nitrogen and oxygen atoms in total. The van der Waals surface area contributed by atoms with Gasteiger partial charge in [0.05, 0.1) is 11.7 Å². The first-order valence-corrected chi connectivity index (χ1v) is 6.73. The second kappa shape index (κ2) is 6.06. The van der Waals surface area contributed by atoms with Gasteiger partial charge in [-0.05, 0) is 42.7 Å². The predicted octanol–water partition coefficient (Wildman–Crippen LogP) is 4.79. The van der Waals surface area contributed by atoms with Crippen LogP contribution in [-0.4, -0.2) is 5.11 Å². The van der Waals surface area contributed by atoms with E-state index < -0.39 is 11.9 Å². The van der Waals surface area contributed by atoms with Crippen molar-refractivity contribution in [3.8, 4) is 11.5 Å². The van der Waals surface area contributed by atoms with Crippen molar-refractivity contribution in [1.82, 2.24) is 0 Å². The van der Waals surface area contributed by atoms with Crippen LogP contribution in [0.3, 0.4) is 0 Å². The Morgan fingerprint density at radius 1 is 1.00 bits per heavy atom. The Labute approximate surface area is 118 Å². The fourth-order valence-electron chi connectivity index (χ4n) is 2.06. The van der Waals surface area contributed by atoms with E-state index in [9.17, 15) is 9.50 Å². The Bertz CT molecular complexity index is 574. The average Bonchev–Trinajstić information content (AvgIpc) is 2.39. The zero-order chi connectivity index (χ0) is 14.7. The van der Waals surface area contributed by atoms with Gasteiger partial charge in [-0.3, -0.25) is 0 Å². The van der Waals surface area contributed by atoms with Crippen molar-refractivity contribution in [3.63, 3.8) is 0 Å². The molecule has 0 bridgehead atoms. The van der Waals surface area contributed by atoms with Crippen LogP contribution in [0.1, 0.15) is 43.9 Å². The number of ether oxygens (including phenoxy) is 1. The molecule has 2 aromatic rings. The SMILES string of the molecule is CC(C)c1ccc(Oc2cccc(F)c2[C@H](C)O)cc1. The van der Waals surface area contributed by atoms with Crippen LogP contribution in [0.4, 0.5) is 4.39 Å². The van der Waals surface area contributed by atoms with E-state index in [1.165, 1.54) is 18.6 Å². The van der Waals surface area contributed by atoms with E-state index >= 15 is 0 Å². The van der Waals surface area contributed by atoms with Gasteiger partial charge >= 0.3 is 0 Å². The molecule has 0 amide bonds. The lowest BCUT2D eigenvalue weighted by Crippen LogP contribution is -2.00. The number of aliphatic hydroxyl groups is 1. The molecule has 0 aliphatic carbocycles. The third kappa shape index (κ3) is 3.17. The Kier molecular flexibility index (Phi) is 4.40. The van der Waals surface area contributed by atoms with Crippen molar-refractivity contribution in [3.05, 3.63) is 59.4 Å².